The van der Waals surface area contributed by atoms with Gasteiger partial charge in [0.1, 0.15) is 0 Å². The van der Waals surface area contributed by atoms with Crippen LogP contribution in [0.2, 0.25) is 0 Å². The lowest BCUT2D eigenvalue weighted by Crippen LogP contribution is -2.28. The van der Waals surface area contributed by atoms with E-state index in [-0.39, 0.29) is 5.41 Å². The fourth-order valence-corrected chi connectivity index (χ4v) is 3.28. The summed E-state index contributed by atoms with van der Waals surface area (Å²) in [7, 11) is 2.06. The van der Waals surface area contributed by atoms with E-state index in [9.17, 15) is 0 Å². The van der Waals surface area contributed by atoms with Crippen LogP contribution >= 0.6 is 11.3 Å². The number of nitrogens with zero attached hydrogens (tertiary/aromatic N) is 4. The molecule has 0 spiro atoms. The van der Waals surface area contributed by atoms with Crippen molar-refractivity contribution in [1.29, 1.82) is 0 Å². The Hall–Kier alpha value is -1.79. The SMILES string of the molecule is CN(Cc1nc(-c2cnc3ccsc3c2)no1)CC(C)(C)C. The van der Waals surface area contributed by atoms with Gasteiger partial charge in [-0.2, -0.15) is 4.98 Å². The summed E-state index contributed by atoms with van der Waals surface area (Å²) >= 11 is 1.66. The minimum atomic E-state index is 0.242. The second-order valence-corrected chi connectivity index (χ2v) is 7.72. The molecule has 0 fully saturated rings. The Bertz CT molecular complexity index is 772. The van der Waals surface area contributed by atoms with Gasteiger partial charge in [-0.3, -0.25) is 9.88 Å². The van der Waals surface area contributed by atoms with E-state index >= 15 is 0 Å². The van der Waals surface area contributed by atoms with E-state index in [4.69, 9.17) is 4.52 Å². The van der Waals surface area contributed by atoms with Gasteiger partial charge >= 0.3 is 0 Å². The first-order chi connectivity index (χ1) is 10.4. The molecule has 3 aromatic rings. The minimum absolute atomic E-state index is 0.242. The van der Waals surface area contributed by atoms with Gasteiger partial charge in [0.25, 0.3) is 0 Å². The molecule has 22 heavy (non-hydrogen) atoms. The molecule has 0 N–H and O–H groups in total. The molecule has 3 heterocycles. The zero-order chi connectivity index (χ0) is 15.7. The van der Waals surface area contributed by atoms with E-state index in [1.807, 2.05) is 11.4 Å². The summed E-state index contributed by atoms with van der Waals surface area (Å²) in [6, 6.07) is 4.06. The second-order valence-electron chi connectivity index (χ2n) is 6.77. The highest BCUT2D eigenvalue weighted by atomic mass is 32.1. The van der Waals surface area contributed by atoms with Gasteiger partial charge in [-0.1, -0.05) is 25.9 Å². The number of pyridine rings is 1. The average Bonchev–Trinajstić information content (AvgIpc) is 3.03. The zero-order valence-electron chi connectivity index (χ0n) is 13.3. The number of thiophene rings is 1. The van der Waals surface area contributed by atoms with Crippen molar-refractivity contribution in [2.75, 3.05) is 13.6 Å². The number of rotatable bonds is 4. The molecular weight excluding hydrogens is 296 g/mol. The molecule has 0 unspecified atom stereocenters. The van der Waals surface area contributed by atoms with Crippen molar-refractivity contribution in [2.24, 2.45) is 5.41 Å². The van der Waals surface area contributed by atoms with Gasteiger partial charge in [0.2, 0.25) is 11.7 Å². The van der Waals surface area contributed by atoms with Crippen LogP contribution in [0.1, 0.15) is 26.7 Å². The maximum Gasteiger partial charge on any atom is 0.241 e. The van der Waals surface area contributed by atoms with Crippen LogP contribution in [0, 0.1) is 5.41 Å². The number of fused-ring (bicyclic) bond motifs is 1. The van der Waals surface area contributed by atoms with Crippen molar-refractivity contribution >= 4 is 21.6 Å². The predicted molar refractivity (Wildman–Crippen MR) is 88.7 cm³/mol. The Morgan fingerprint density at radius 3 is 2.91 bits per heavy atom. The molecule has 0 radical (unpaired) electrons. The molecule has 0 aliphatic carbocycles. The Morgan fingerprint density at radius 1 is 1.32 bits per heavy atom. The van der Waals surface area contributed by atoms with Crippen molar-refractivity contribution in [3.05, 3.63) is 29.6 Å². The maximum atomic E-state index is 5.37. The second kappa shape index (κ2) is 5.78. The smallest absolute Gasteiger partial charge is 0.241 e. The van der Waals surface area contributed by atoms with Gasteiger partial charge in [0, 0.05) is 18.3 Å². The van der Waals surface area contributed by atoms with Gasteiger partial charge in [0.15, 0.2) is 0 Å². The summed E-state index contributed by atoms with van der Waals surface area (Å²) in [6.07, 6.45) is 1.79. The van der Waals surface area contributed by atoms with E-state index in [1.54, 1.807) is 17.5 Å². The fraction of sp³-hybridized carbons (Fsp3) is 0.438. The molecule has 3 aromatic heterocycles. The number of aromatic nitrogens is 3. The Labute approximate surface area is 134 Å². The minimum Gasteiger partial charge on any atom is -0.338 e. The highest BCUT2D eigenvalue weighted by Gasteiger charge is 2.16. The topological polar surface area (TPSA) is 55.1 Å². The predicted octanol–water partition coefficient (Wildman–Crippen LogP) is 3.82. The van der Waals surface area contributed by atoms with E-state index in [0.717, 1.165) is 22.3 Å². The molecular formula is C16H20N4OS. The van der Waals surface area contributed by atoms with E-state index in [0.29, 0.717) is 18.3 Å². The molecule has 116 valence electrons. The summed E-state index contributed by atoms with van der Waals surface area (Å²) in [4.78, 5) is 11.1. The van der Waals surface area contributed by atoms with Gasteiger partial charge in [-0.15, -0.1) is 11.3 Å². The standard InChI is InChI=1S/C16H20N4OS/c1-16(2,3)10-20(4)9-14-18-15(19-21-14)11-7-13-12(17-8-11)5-6-22-13/h5-8H,9-10H2,1-4H3. The van der Waals surface area contributed by atoms with Crippen molar-refractivity contribution in [3.63, 3.8) is 0 Å². The zero-order valence-corrected chi connectivity index (χ0v) is 14.1. The Kier molecular flexibility index (Phi) is 3.97. The molecule has 0 saturated heterocycles. The van der Waals surface area contributed by atoms with Gasteiger partial charge < -0.3 is 4.52 Å². The van der Waals surface area contributed by atoms with E-state index < -0.39 is 0 Å². The summed E-state index contributed by atoms with van der Waals surface area (Å²) in [5.41, 5.74) is 2.14. The highest BCUT2D eigenvalue weighted by molar-refractivity contribution is 7.17. The van der Waals surface area contributed by atoms with Crippen LogP contribution in [0.25, 0.3) is 21.6 Å². The Morgan fingerprint density at radius 2 is 2.14 bits per heavy atom. The van der Waals surface area contributed by atoms with Gasteiger partial charge in [0.05, 0.1) is 16.8 Å². The van der Waals surface area contributed by atoms with Crippen LogP contribution in [0.4, 0.5) is 0 Å². The van der Waals surface area contributed by atoms with Crippen molar-refractivity contribution in [1.82, 2.24) is 20.0 Å². The van der Waals surface area contributed by atoms with Crippen LogP contribution in [0.15, 0.2) is 28.2 Å². The maximum absolute atomic E-state index is 5.37. The van der Waals surface area contributed by atoms with Crippen molar-refractivity contribution in [2.45, 2.75) is 27.3 Å². The summed E-state index contributed by atoms with van der Waals surface area (Å²) in [5.74, 6) is 1.23. The van der Waals surface area contributed by atoms with E-state index in [1.165, 1.54) is 0 Å². The summed E-state index contributed by atoms with van der Waals surface area (Å²) in [5, 5.41) is 6.11. The lowest BCUT2D eigenvalue weighted by atomic mass is 9.96. The lowest BCUT2D eigenvalue weighted by molar-refractivity contribution is 0.198. The van der Waals surface area contributed by atoms with Crippen LogP contribution in [0.5, 0.6) is 0 Å². The van der Waals surface area contributed by atoms with Crippen molar-refractivity contribution in [3.8, 4) is 11.4 Å². The van der Waals surface area contributed by atoms with Crippen LogP contribution in [-0.4, -0.2) is 33.6 Å². The van der Waals surface area contributed by atoms with Gasteiger partial charge in [-0.25, -0.2) is 0 Å². The molecule has 0 amide bonds. The molecule has 0 aromatic carbocycles. The monoisotopic (exact) mass is 316 g/mol. The number of hydrogen-bond donors (Lipinski definition) is 0. The van der Waals surface area contributed by atoms with E-state index in [2.05, 4.69) is 53.9 Å². The third-order valence-corrected chi connectivity index (χ3v) is 4.03. The first-order valence-electron chi connectivity index (χ1n) is 7.25. The quantitative estimate of drug-likeness (QED) is 0.732. The molecule has 0 aliphatic rings. The van der Waals surface area contributed by atoms with Gasteiger partial charge in [-0.05, 0) is 30.0 Å². The third kappa shape index (κ3) is 3.51. The average molecular weight is 316 g/mol. The molecule has 3 rings (SSSR count). The molecule has 0 aliphatic heterocycles. The molecule has 6 heteroatoms. The largest absolute Gasteiger partial charge is 0.338 e. The molecule has 0 bridgehead atoms. The first kappa shape index (κ1) is 15.1. The first-order valence-corrected chi connectivity index (χ1v) is 8.13. The molecule has 5 nitrogen and oxygen atoms in total. The normalized spacial score (nSPS) is 12.4. The Balaban J connectivity index is 1.75. The summed E-state index contributed by atoms with van der Waals surface area (Å²) < 4.78 is 6.50. The van der Waals surface area contributed by atoms with Crippen LogP contribution in [-0.2, 0) is 6.54 Å². The molecule has 0 atom stereocenters. The number of hydrogen-bond acceptors (Lipinski definition) is 6. The van der Waals surface area contributed by atoms with Crippen LogP contribution < -0.4 is 0 Å². The molecule has 0 saturated carbocycles. The third-order valence-electron chi connectivity index (χ3n) is 3.18. The van der Waals surface area contributed by atoms with Crippen LogP contribution in [0.3, 0.4) is 0 Å². The fourth-order valence-electron chi connectivity index (χ4n) is 2.50. The highest BCUT2D eigenvalue weighted by Crippen LogP contribution is 2.24. The van der Waals surface area contributed by atoms with Crippen molar-refractivity contribution < 1.29 is 4.52 Å². The lowest BCUT2D eigenvalue weighted by Gasteiger charge is -2.25. The summed E-state index contributed by atoms with van der Waals surface area (Å²) in [6.45, 7) is 8.26.